The van der Waals surface area contributed by atoms with Gasteiger partial charge in [-0.1, -0.05) is 12.1 Å². The molecule has 0 radical (unpaired) electrons. The zero-order chi connectivity index (χ0) is 27.7. The maximum atomic E-state index is 13.8. The first kappa shape index (κ1) is 26.1. The number of anilines is 1. The Labute approximate surface area is 225 Å². The second kappa shape index (κ2) is 10.7. The first-order chi connectivity index (χ1) is 18.8. The molecule has 11 heteroatoms. The van der Waals surface area contributed by atoms with E-state index in [9.17, 15) is 14.0 Å². The van der Waals surface area contributed by atoms with Crippen molar-refractivity contribution in [1.82, 2.24) is 29.4 Å². The number of hydrogen-bond acceptors (Lipinski definition) is 7. The molecule has 0 aliphatic carbocycles. The third-order valence-corrected chi connectivity index (χ3v) is 7.03. The molecule has 1 aliphatic heterocycles. The number of aromatic nitrogens is 4. The highest BCUT2D eigenvalue weighted by Crippen LogP contribution is 2.31. The number of fused-ring (bicyclic) bond motifs is 1. The van der Waals surface area contributed by atoms with Gasteiger partial charge in [0.25, 0.3) is 11.8 Å². The van der Waals surface area contributed by atoms with Crippen LogP contribution in [0.3, 0.4) is 0 Å². The fourth-order valence-corrected chi connectivity index (χ4v) is 5.13. The van der Waals surface area contributed by atoms with E-state index in [2.05, 4.69) is 15.1 Å². The highest BCUT2D eigenvalue weighted by atomic mass is 19.1. The van der Waals surface area contributed by atoms with Crippen LogP contribution in [0.1, 0.15) is 39.1 Å². The quantitative estimate of drug-likeness (QED) is 0.405. The van der Waals surface area contributed by atoms with Crippen LogP contribution in [0.25, 0.3) is 16.8 Å². The number of piperidine rings is 1. The van der Waals surface area contributed by atoms with Crippen molar-refractivity contribution in [2.75, 3.05) is 40.0 Å². The molecule has 3 aromatic heterocycles. The SMILES string of the molecule is COc1ncc(-c2cc(C(=O)N(C)C)c3c(N)ncnn23)cc1C(=O)N1CCC[C@@H](Cc2ccc(F)cc2)C1. The Morgan fingerprint density at radius 3 is 2.64 bits per heavy atom. The number of halogens is 1. The summed E-state index contributed by atoms with van der Waals surface area (Å²) in [7, 11) is 4.78. The highest BCUT2D eigenvalue weighted by molar-refractivity contribution is 6.05. The number of nitrogens with two attached hydrogens (primary N) is 1. The summed E-state index contributed by atoms with van der Waals surface area (Å²) in [5, 5.41) is 4.32. The summed E-state index contributed by atoms with van der Waals surface area (Å²) in [5.74, 6) is -0.0715. The molecule has 0 spiro atoms. The third kappa shape index (κ3) is 5.12. The Kier molecular flexibility index (Phi) is 7.14. The van der Waals surface area contributed by atoms with Crippen molar-refractivity contribution in [3.63, 3.8) is 0 Å². The lowest BCUT2D eigenvalue weighted by atomic mass is 9.91. The number of likely N-dealkylation sites (tertiary alicyclic amines) is 1. The first-order valence-corrected chi connectivity index (χ1v) is 12.7. The molecule has 4 aromatic rings. The van der Waals surface area contributed by atoms with Gasteiger partial charge in [0, 0.05) is 38.9 Å². The van der Waals surface area contributed by atoms with Crippen LogP contribution in [0.15, 0.2) is 48.9 Å². The van der Waals surface area contributed by atoms with E-state index in [1.54, 1.807) is 44.6 Å². The van der Waals surface area contributed by atoms with Gasteiger partial charge in [0.05, 0.1) is 18.4 Å². The zero-order valence-electron chi connectivity index (χ0n) is 22.1. The maximum absolute atomic E-state index is 13.8. The Hall–Kier alpha value is -4.54. The number of amides is 2. The number of benzene rings is 1. The normalized spacial score (nSPS) is 15.4. The zero-order valence-corrected chi connectivity index (χ0v) is 22.1. The van der Waals surface area contributed by atoms with Crippen LogP contribution in [-0.2, 0) is 6.42 Å². The first-order valence-electron chi connectivity index (χ1n) is 12.7. The van der Waals surface area contributed by atoms with Crippen molar-refractivity contribution in [3.8, 4) is 17.1 Å². The molecule has 202 valence electrons. The average Bonchev–Trinajstić information content (AvgIpc) is 3.34. The summed E-state index contributed by atoms with van der Waals surface area (Å²) in [5.41, 5.74) is 9.33. The van der Waals surface area contributed by atoms with Crippen molar-refractivity contribution >= 4 is 23.1 Å². The lowest BCUT2D eigenvalue weighted by Gasteiger charge is -2.33. The summed E-state index contributed by atoms with van der Waals surface area (Å²) >= 11 is 0. The summed E-state index contributed by atoms with van der Waals surface area (Å²) in [6.07, 6.45) is 5.50. The van der Waals surface area contributed by atoms with Gasteiger partial charge in [0.15, 0.2) is 5.82 Å². The Balaban J connectivity index is 1.48. The third-order valence-electron chi connectivity index (χ3n) is 7.03. The molecular formula is C28H30FN7O3. The number of carbonyl (C=O) groups excluding carboxylic acids is 2. The van der Waals surface area contributed by atoms with Gasteiger partial charge in [-0.05, 0) is 55.0 Å². The van der Waals surface area contributed by atoms with E-state index in [0.29, 0.717) is 41.0 Å². The van der Waals surface area contributed by atoms with E-state index in [-0.39, 0.29) is 35.2 Å². The molecular weight excluding hydrogens is 501 g/mol. The highest BCUT2D eigenvalue weighted by Gasteiger charge is 2.28. The van der Waals surface area contributed by atoms with Crippen molar-refractivity contribution in [1.29, 1.82) is 0 Å². The molecule has 4 heterocycles. The van der Waals surface area contributed by atoms with Crippen LogP contribution < -0.4 is 10.5 Å². The molecule has 1 atom stereocenters. The molecule has 5 rings (SSSR count). The predicted molar refractivity (Wildman–Crippen MR) is 144 cm³/mol. The van der Waals surface area contributed by atoms with E-state index in [0.717, 1.165) is 24.8 Å². The van der Waals surface area contributed by atoms with Crippen LogP contribution in [0.4, 0.5) is 10.2 Å². The summed E-state index contributed by atoms with van der Waals surface area (Å²) < 4.78 is 20.3. The van der Waals surface area contributed by atoms with Crippen LogP contribution >= 0.6 is 0 Å². The van der Waals surface area contributed by atoms with Crippen LogP contribution in [-0.4, -0.2) is 75.5 Å². The van der Waals surface area contributed by atoms with Crippen molar-refractivity contribution in [3.05, 3.63) is 71.4 Å². The topological polar surface area (TPSA) is 119 Å². The molecule has 1 aromatic carbocycles. The molecule has 0 saturated carbocycles. The molecule has 2 amide bonds. The van der Waals surface area contributed by atoms with E-state index in [1.165, 1.54) is 35.0 Å². The maximum Gasteiger partial charge on any atom is 0.259 e. The van der Waals surface area contributed by atoms with Gasteiger partial charge in [0.1, 0.15) is 23.2 Å². The second-order valence-electron chi connectivity index (χ2n) is 9.92. The minimum absolute atomic E-state index is 0.166. The lowest BCUT2D eigenvalue weighted by molar-refractivity contribution is 0.0669. The summed E-state index contributed by atoms with van der Waals surface area (Å²) in [6, 6.07) is 9.90. The molecule has 10 nitrogen and oxygen atoms in total. The molecule has 39 heavy (non-hydrogen) atoms. The molecule has 2 N–H and O–H groups in total. The van der Waals surface area contributed by atoms with Gasteiger partial charge in [-0.3, -0.25) is 9.59 Å². The number of nitrogen functional groups attached to an aromatic ring is 1. The molecule has 1 aliphatic rings. The molecule has 0 unspecified atom stereocenters. The number of nitrogens with zero attached hydrogens (tertiary/aromatic N) is 6. The van der Waals surface area contributed by atoms with Gasteiger partial charge in [-0.2, -0.15) is 5.10 Å². The van der Waals surface area contributed by atoms with Crippen LogP contribution in [0.5, 0.6) is 5.88 Å². The Morgan fingerprint density at radius 1 is 1.15 bits per heavy atom. The van der Waals surface area contributed by atoms with Gasteiger partial charge in [-0.15, -0.1) is 0 Å². The van der Waals surface area contributed by atoms with Crippen LogP contribution in [0.2, 0.25) is 0 Å². The second-order valence-corrected chi connectivity index (χ2v) is 9.92. The minimum atomic E-state index is -0.262. The van der Waals surface area contributed by atoms with E-state index in [1.807, 2.05) is 4.90 Å². The van der Waals surface area contributed by atoms with Crippen LogP contribution in [0, 0.1) is 11.7 Å². The van der Waals surface area contributed by atoms with Crippen molar-refractivity contribution in [2.45, 2.75) is 19.3 Å². The Bertz CT molecular complexity index is 1530. The standard InChI is InChI=1S/C28H30FN7O3/c1-34(2)27(37)21-13-23(36-24(21)25(30)32-16-33-36)19-12-22(26(39-3)31-14-19)28(38)35-10-4-5-18(15-35)11-17-6-8-20(29)9-7-17/h6-9,12-14,16,18H,4-5,10-11,15H2,1-3H3,(H2,30,32,33)/t18-/m0/s1. The fraction of sp³-hybridized carbons (Fsp3) is 0.321. The van der Waals surface area contributed by atoms with Crippen molar-refractivity contribution in [2.24, 2.45) is 5.92 Å². The van der Waals surface area contributed by atoms with Gasteiger partial charge in [0.2, 0.25) is 5.88 Å². The number of ether oxygens (including phenoxy) is 1. The summed E-state index contributed by atoms with van der Waals surface area (Å²) in [6.45, 7) is 1.19. The van der Waals surface area contributed by atoms with Gasteiger partial charge < -0.3 is 20.3 Å². The predicted octanol–water partition coefficient (Wildman–Crippen LogP) is 3.32. The number of rotatable bonds is 6. The number of carbonyl (C=O) groups is 2. The van der Waals surface area contributed by atoms with E-state index in [4.69, 9.17) is 10.5 Å². The molecule has 0 bridgehead atoms. The van der Waals surface area contributed by atoms with Gasteiger partial charge in [-0.25, -0.2) is 18.9 Å². The Morgan fingerprint density at radius 2 is 1.92 bits per heavy atom. The molecule has 1 fully saturated rings. The number of hydrogen-bond donors (Lipinski definition) is 1. The lowest BCUT2D eigenvalue weighted by Crippen LogP contribution is -2.40. The van der Waals surface area contributed by atoms with Crippen molar-refractivity contribution < 1.29 is 18.7 Å². The summed E-state index contributed by atoms with van der Waals surface area (Å²) in [4.78, 5) is 38.4. The largest absolute Gasteiger partial charge is 0.480 e. The monoisotopic (exact) mass is 531 g/mol. The average molecular weight is 532 g/mol. The number of pyridine rings is 1. The van der Waals surface area contributed by atoms with E-state index < -0.39 is 0 Å². The van der Waals surface area contributed by atoms with Gasteiger partial charge >= 0.3 is 0 Å². The molecule has 1 saturated heterocycles. The minimum Gasteiger partial charge on any atom is -0.480 e. The van der Waals surface area contributed by atoms with E-state index >= 15 is 0 Å². The number of methoxy groups -OCH3 is 1. The fourth-order valence-electron chi connectivity index (χ4n) is 5.13. The smallest absolute Gasteiger partial charge is 0.259 e.